The Balaban J connectivity index is 1.82. The predicted octanol–water partition coefficient (Wildman–Crippen LogP) is 3.76. The molecule has 1 N–H and O–H groups in total. The summed E-state index contributed by atoms with van der Waals surface area (Å²) in [6.07, 6.45) is 1.90. The molecule has 0 atom stereocenters. The zero-order chi connectivity index (χ0) is 16.7. The lowest BCUT2D eigenvalue weighted by Gasteiger charge is -2.40. The molecule has 2 aromatic rings. The lowest BCUT2D eigenvalue weighted by Crippen LogP contribution is -2.51. The summed E-state index contributed by atoms with van der Waals surface area (Å²) < 4.78 is 13.7. The first kappa shape index (κ1) is 15.6. The van der Waals surface area contributed by atoms with Crippen LogP contribution in [0.3, 0.4) is 0 Å². The molecule has 1 aromatic heterocycles. The summed E-state index contributed by atoms with van der Waals surface area (Å²) in [5, 5.41) is 9.23. The molecule has 0 aliphatic carbocycles. The number of hydrazine groups is 1. The van der Waals surface area contributed by atoms with Crippen LogP contribution in [0.5, 0.6) is 0 Å². The Morgan fingerprint density at radius 2 is 2.00 bits per heavy atom. The van der Waals surface area contributed by atoms with Gasteiger partial charge in [0.1, 0.15) is 10.8 Å². The van der Waals surface area contributed by atoms with Gasteiger partial charge in [0.2, 0.25) is 0 Å². The molecule has 1 aromatic carbocycles. The predicted molar refractivity (Wildman–Crippen MR) is 99.3 cm³/mol. The van der Waals surface area contributed by atoms with Gasteiger partial charge in [0.05, 0.1) is 11.4 Å². The third-order valence-electron chi connectivity index (χ3n) is 4.62. The third kappa shape index (κ3) is 2.70. The van der Waals surface area contributed by atoms with Crippen molar-refractivity contribution in [1.82, 2.24) is 9.91 Å². The fourth-order valence-electron chi connectivity index (χ4n) is 3.26. The number of nitrogens with one attached hydrogen (secondary N) is 1. The van der Waals surface area contributed by atoms with Gasteiger partial charge < -0.3 is 10.2 Å². The van der Waals surface area contributed by atoms with Crippen molar-refractivity contribution in [2.24, 2.45) is 0 Å². The van der Waals surface area contributed by atoms with Crippen LogP contribution in [0.2, 0.25) is 0 Å². The smallest absolute Gasteiger partial charge is 0.125 e. The molecular weight excluding hydrogens is 323 g/mol. The van der Waals surface area contributed by atoms with Crippen molar-refractivity contribution < 1.29 is 4.39 Å². The molecule has 4 rings (SSSR count). The highest BCUT2D eigenvalue weighted by Crippen LogP contribution is 2.44. The number of fused-ring (bicyclic) bond motifs is 2. The first-order chi connectivity index (χ1) is 11.7. The number of halogens is 1. The molecule has 6 heteroatoms. The molecule has 0 bridgehead atoms. The molecule has 0 unspecified atom stereocenters. The minimum atomic E-state index is -0.211. The molecule has 126 valence electrons. The van der Waals surface area contributed by atoms with Gasteiger partial charge in [0.25, 0.3) is 0 Å². The quantitative estimate of drug-likeness (QED) is 0.895. The van der Waals surface area contributed by atoms with E-state index in [9.17, 15) is 4.39 Å². The largest absolute Gasteiger partial charge is 0.379 e. The standard InChI is InChI=1S/C18H21FN4S/c1-3-15-10-13-12-20-16-11-14(19)4-5-17(16)23(18(13)24-15)22-8-6-21(2)7-9-22/h3-5,10-11,20H,1,6-9,12H2,2H3. The van der Waals surface area contributed by atoms with Crippen LogP contribution in [-0.4, -0.2) is 43.1 Å². The normalized spacial score (nSPS) is 18.5. The lowest BCUT2D eigenvalue weighted by molar-refractivity contribution is 0.155. The van der Waals surface area contributed by atoms with E-state index in [1.54, 1.807) is 17.4 Å². The van der Waals surface area contributed by atoms with Gasteiger partial charge in [0, 0.05) is 43.2 Å². The Morgan fingerprint density at radius 3 is 2.75 bits per heavy atom. The SMILES string of the molecule is C=Cc1cc2c(s1)N(N1CCN(C)CC1)c1ccc(F)cc1NC2. The summed E-state index contributed by atoms with van der Waals surface area (Å²) >= 11 is 1.74. The molecule has 1 saturated heterocycles. The van der Waals surface area contributed by atoms with Gasteiger partial charge in [-0.1, -0.05) is 12.7 Å². The summed E-state index contributed by atoms with van der Waals surface area (Å²) in [4.78, 5) is 3.49. The van der Waals surface area contributed by atoms with Crippen molar-refractivity contribution in [1.29, 1.82) is 0 Å². The summed E-state index contributed by atoms with van der Waals surface area (Å²) in [7, 11) is 2.15. The van der Waals surface area contributed by atoms with Gasteiger partial charge in [-0.05, 0) is 31.3 Å². The monoisotopic (exact) mass is 344 g/mol. The second-order valence-electron chi connectivity index (χ2n) is 6.27. The third-order valence-corrected chi connectivity index (χ3v) is 5.77. The van der Waals surface area contributed by atoms with Gasteiger partial charge in [-0.25, -0.2) is 9.40 Å². The van der Waals surface area contributed by atoms with Crippen LogP contribution in [0, 0.1) is 5.82 Å². The molecule has 0 spiro atoms. The highest BCUT2D eigenvalue weighted by Gasteiger charge is 2.29. The van der Waals surface area contributed by atoms with Crippen molar-refractivity contribution in [2.45, 2.75) is 6.54 Å². The number of thiophene rings is 1. The molecule has 3 heterocycles. The molecule has 24 heavy (non-hydrogen) atoms. The summed E-state index contributed by atoms with van der Waals surface area (Å²) in [5.41, 5.74) is 3.08. The van der Waals surface area contributed by atoms with Crippen molar-refractivity contribution in [3.63, 3.8) is 0 Å². The van der Waals surface area contributed by atoms with Crippen molar-refractivity contribution in [3.8, 4) is 0 Å². The molecule has 1 fully saturated rings. The molecule has 0 saturated carbocycles. The number of hydrogen-bond donors (Lipinski definition) is 1. The fourth-order valence-corrected chi connectivity index (χ4v) is 4.33. The number of benzene rings is 1. The van der Waals surface area contributed by atoms with Gasteiger partial charge in [-0.15, -0.1) is 11.3 Å². The number of anilines is 3. The number of nitrogens with zero attached hydrogens (tertiary/aromatic N) is 3. The Kier molecular flexibility index (Phi) is 4.04. The van der Waals surface area contributed by atoms with E-state index in [0.717, 1.165) is 42.4 Å². The van der Waals surface area contributed by atoms with E-state index in [0.29, 0.717) is 6.54 Å². The molecule has 0 amide bonds. The maximum atomic E-state index is 13.7. The zero-order valence-corrected chi connectivity index (χ0v) is 14.6. The summed E-state index contributed by atoms with van der Waals surface area (Å²) in [6, 6.07) is 7.17. The van der Waals surface area contributed by atoms with Crippen LogP contribution < -0.4 is 10.3 Å². The van der Waals surface area contributed by atoms with E-state index in [1.165, 1.54) is 16.6 Å². The molecule has 2 aliphatic rings. The highest BCUT2D eigenvalue weighted by atomic mass is 32.1. The van der Waals surface area contributed by atoms with Gasteiger partial charge >= 0.3 is 0 Å². The topological polar surface area (TPSA) is 21.8 Å². The zero-order valence-electron chi connectivity index (χ0n) is 13.8. The molecule has 4 nitrogen and oxygen atoms in total. The average molecular weight is 344 g/mol. The minimum Gasteiger partial charge on any atom is -0.379 e. The number of hydrogen-bond acceptors (Lipinski definition) is 5. The Labute approximate surface area is 145 Å². The maximum Gasteiger partial charge on any atom is 0.125 e. The highest BCUT2D eigenvalue weighted by molar-refractivity contribution is 7.17. The molecule has 2 aliphatic heterocycles. The van der Waals surface area contributed by atoms with E-state index in [2.05, 4.69) is 39.9 Å². The Bertz CT molecular complexity index is 764. The maximum absolute atomic E-state index is 13.7. The van der Waals surface area contributed by atoms with E-state index >= 15 is 0 Å². The van der Waals surface area contributed by atoms with Crippen molar-refractivity contribution in [2.75, 3.05) is 43.6 Å². The van der Waals surface area contributed by atoms with Crippen molar-refractivity contribution >= 4 is 33.8 Å². The first-order valence-corrected chi connectivity index (χ1v) is 8.99. The van der Waals surface area contributed by atoms with Crippen LogP contribution in [-0.2, 0) is 6.54 Å². The van der Waals surface area contributed by atoms with Crippen LogP contribution in [0.15, 0.2) is 30.8 Å². The molecular formula is C18H21FN4S. The van der Waals surface area contributed by atoms with E-state index in [1.807, 2.05) is 12.1 Å². The second-order valence-corrected chi connectivity index (χ2v) is 7.33. The summed E-state index contributed by atoms with van der Waals surface area (Å²) in [5.74, 6) is -0.211. The number of likely N-dealkylation sites (N-methyl/N-ethyl adjacent to an activating group) is 1. The Hall–Kier alpha value is -1.89. The molecule has 0 radical (unpaired) electrons. The van der Waals surface area contributed by atoms with Gasteiger partial charge in [-0.3, -0.25) is 5.01 Å². The van der Waals surface area contributed by atoms with Gasteiger partial charge in [0.15, 0.2) is 0 Å². The van der Waals surface area contributed by atoms with Crippen LogP contribution in [0.25, 0.3) is 6.08 Å². The van der Waals surface area contributed by atoms with Crippen LogP contribution >= 0.6 is 11.3 Å². The number of rotatable bonds is 2. The van der Waals surface area contributed by atoms with Crippen molar-refractivity contribution in [3.05, 3.63) is 47.1 Å². The fraction of sp³-hybridized carbons (Fsp3) is 0.333. The van der Waals surface area contributed by atoms with Crippen LogP contribution in [0.4, 0.5) is 20.8 Å². The first-order valence-electron chi connectivity index (χ1n) is 8.18. The second kappa shape index (κ2) is 6.20. The number of piperazine rings is 1. The van der Waals surface area contributed by atoms with E-state index < -0.39 is 0 Å². The minimum absolute atomic E-state index is 0.211. The Morgan fingerprint density at radius 1 is 1.21 bits per heavy atom. The summed E-state index contributed by atoms with van der Waals surface area (Å²) in [6.45, 7) is 8.55. The lowest BCUT2D eigenvalue weighted by atomic mass is 10.2. The van der Waals surface area contributed by atoms with E-state index in [4.69, 9.17) is 0 Å². The van der Waals surface area contributed by atoms with E-state index in [-0.39, 0.29) is 5.82 Å². The van der Waals surface area contributed by atoms with Crippen LogP contribution in [0.1, 0.15) is 10.4 Å². The average Bonchev–Trinajstić information content (AvgIpc) is 2.93. The van der Waals surface area contributed by atoms with Gasteiger partial charge in [-0.2, -0.15) is 0 Å².